The van der Waals surface area contributed by atoms with Gasteiger partial charge in [0.1, 0.15) is 6.54 Å². The molecule has 0 rings (SSSR count). The Morgan fingerprint density at radius 1 is 0.714 bits per heavy atom. The fourth-order valence-corrected chi connectivity index (χ4v) is 1.47. The molecule has 0 aliphatic heterocycles. The van der Waals surface area contributed by atoms with Gasteiger partial charge >= 0.3 is 17.9 Å². The van der Waals surface area contributed by atoms with Crippen molar-refractivity contribution in [3.63, 3.8) is 0 Å². The Kier molecular flexibility index (Phi) is 18.9. The van der Waals surface area contributed by atoms with E-state index in [0.717, 1.165) is 0 Å². The maximum Gasteiger partial charge on any atom is 0.359 e. The largest absolute Gasteiger partial charge is 0.544 e. The first kappa shape index (κ1) is 31.2. The van der Waals surface area contributed by atoms with Gasteiger partial charge in [0.15, 0.2) is 19.6 Å². The standard InChI is InChI=1S/C8H11NO8.H3N.3H2O/c10-5(11)1-9(2-6(12)13,3-7(14)15)4-8(16)17;;;;/h1-4H2,(H3-,10,11,12,13,14,15,16,17);1H3;3*1H2. The zero-order valence-electron chi connectivity index (χ0n) is 10.9. The van der Waals surface area contributed by atoms with Gasteiger partial charge in [-0.3, -0.25) is 4.48 Å². The number of rotatable bonds is 8. The molecular formula is C8H20N2O11. The molecule has 0 radical (unpaired) electrons. The monoisotopic (exact) mass is 320 g/mol. The van der Waals surface area contributed by atoms with Crippen LogP contribution in [-0.4, -0.2) is 86.3 Å². The average Bonchev–Trinajstić information content (AvgIpc) is 1.95. The van der Waals surface area contributed by atoms with Crippen LogP contribution in [0, 0.1) is 0 Å². The molecule has 0 fully saturated rings. The number of carbonyl (C=O) groups is 4. The molecule has 0 atom stereocenters. The summed E-state index contributed by atoms with van der Waals surface area (Å²) in [5.74, 6) is -6.19. The van der Waals surface area contributed by atoms with Gasteiger partial charge in [0.05, 0.1) is 5.97 Å². The summed E-state index contributed by atoms with van der Waals surface area (Å²) >= 11 is 0. The second-order valence-electron chi connectivity index (χ2n) is 3.53. The third-order valence-corrected chi connectivity index (χ3v) is 1.88. The fraction of sp³-hybridized carbons (Fsp3) is 0.500. The van der Waals surface area contributed by atoms with E-state index in [-0.39, 0.29) is 22.6 Å². The molecule has 0 aliphatic carbocycles. The Morgan fingerprint density at radius 3 is 1.10 bits per heavy atom. The lowest BCUT2D eigenvalue weighted by Crippen LogP contribution is -2.60. The van der Waals surface area contributed by atoms with Crippen LogP contribution in [0.25, 0.3) is 0 Å². The number of quaternary nitrogens is 1. The number of nitrogens with zero attached hydrogens (tertiary/aromatic N) is 1. The van der Waals surface area contributed by atoms with Gasteiger partial charge in [0.25, 0.3) is 0 Å². The van der Waals surface area contributed by atoms with Crippen molar-refractivity contribution in [1.82, 2.24) is 6.15 Å². The number of carboxylic acid groups (broad SMARTS) is 4. The van der Waals surface area contributed by atoms with E-state index in [1.165, 1.54) is 0 Å². The Balaban J connectivity index is -0.000000213. The highest BCUT2D eigenvalue weighted by Crippen LogP contribution is 2.06. The second-order valence-corrected chi connectivity index (χ2v) is 3.53. The summed E-state index contributed by atoms with van der Waals surface area (Å²) in [6, 6.07) is 0. The average molecular weight is 320 g/mol. The zero-order chi connectivity index (χ0) is 13.6. The lowest BCUT2D eigenvalue weighted by Gasteiger charge is -2.34. The topological polar surface area (TPSA) is 282 Å². The fourth-order valence-electron chi connectivity index (χ4n) is 1.47. The zero-order valence-corrected chi connectivity index (χ0v) is 10.9. The molecule has 0 heterocycles. The lowest BCUT2D eigenvalue weighted by molar-refractivity contribution is -0.902. The number of carbonyl (C=O) groups excluding carboxylic acids is 1. The van der Waals surface area contributed by atoms with E-state index in [4.69, 9.17) is 15.3 Å². The SMILES string of the molecule is N.O.O.O.O=C([O-])C[N+](CC(=O)O)(CC(=O)O)CC(=O)O. The maximum atomic E-state index is 10.5. The van der Waals surface area contributed by atoms with Crippen molar-refractivity contribution in [3.05, 3.63) is 0 Å². The molecule has 0 bridgehead atoms. The smallest absolute Gasteiger partial charge is 0.359 e. The molecule has 0 aromatic heterocycles. The van der Waals surface area contributed by atoms with E-state index in [1.807, 2.05) is 0 Å². The van der Waals surface area contributed by atoms with Gasteiger partial charge in [-0.25, -0.2) is 14.4 Å². The van der Waals surface area contributed by atoms with E-state index < -0.39 is 54.5 Å². The van der Waals surface area contributed by atoms with Gasteiger partial charge in [-0.05, 0) is 0 Å². The van der Waals surface area contributed by atoms with Crippen molar-refractivity contribution in [1.29, 1.82) is 0 Å². The van der Waals surface area contributed by atoms with E-state index in [2.05, 4.69) is 0 Å². The van der Waals surface area contributed by atoms with Crippen LogP contribution in [0.5, 0.6) is 0 Å². The highest BCUT2D eigenvalue weighted by Gasteiger charge is 2.36. The van der Waals surface area contributed by atoms with Crippen LogP contribution in [0.3, 0.4) is 0 Å². The molecule has 0 saturated carbocycles. The van der Waals surface area contributed by atoms with Crippen molar-refractivity contribution in [2.45, 2.75) is 0 Å². The predicted octanol–water partition coefficient (Wildman–Crippen LogP) is -5.51. The van der Waals surface area contributed by atoms with E-state index >= 15 is 0 Å². The Labute approximate surface area is 118 Å². The van der Waals surface area contributed by atoms with Gasteiger partial charge in [-0.15, -0.1) is 0 Å². The minimum Gasteiger partial charge on any atom is -0.544 e. The first-order valence-corrected chi connectivity index (χ1v) is 4.37. The van der Waals surface area contributed by atoms with Crippen LogP contribution < -0.4 is 11.3 Å². The Bertz CT molecular complexity index is 287. The molecule has 12 N–H and O–H groups in total. The second kappa shape index (κ2) is 12.7. The molecule has 21 heavy (non-hydrogen) atoms. The van der Waals surface area contributed by atoms with Crippen molar-refractivity contribution in [2.75, 3.05) is 26.2 Å². The van der Waals surface area contributed by atoms with Crippen LogP contribution in [0.4, 0.5) is 0 Å². The van der Waals surface area contributed by atoms with Gasteiger partial charge < -0.3 is 47.8 Å². The summed E-state index contributed by atoms with van der Waals surface area (Å²) in [6.07, 6.45) is 0. The first-order chi connectivity index (χ1) is 7.67. The molecule has 0 aromatic rings. The third kappa shape index (κ3) is 13.9. The van der Waals surface area contributed by atoms with Crippen LogP contribution in [0.15, 0.2) is 0 Å². The molecule has 0 amide bonds. The van der Waals surface area contributed by atoms with Gasteiger partial charge in [0.2, 0.25) is 0 Å². The molecular weight excluding hydrogens is 300 g/mol. The van der Waals surface area contributed by atoms with Crippen LogP contribution >= 0.6 is 0 Å². The highest BCUT2D eigenvalue weighted by molar-refractivity contribution is 5.74. The van der Waals surface area contributed by atoms with Crippen molar-refractivity contribution < 1.29 is 60.5 Å². The summed E-state index contributed by atoms with van der Waals surface area (Å²) < 4.78 is -1.14. The highest BCUT2D eigenvalue weighted by atomic mass is 16.4. The number of carboxylic acids is 4. The number of hydrogen-bond acceptors (Lipinski definition) is 6. The van der Waals surface area contributed by atoms with Crippen molar-refractivity contribution in [2.24, 2.45) is 0 Å². The summed E-state index contributed by atoms with van der Waals surface area (Å²) in [4.78, 5) is 42.1. The molecule has 0 aromatic carbocycles. The minimum atomic E-state index is -1.71. The van der Waals surface area contributed by atoms with Gasteiger partial charge in [0, 0.05) is 0 Å². The molecule has 0 unspecified atom stereocenters. The molecule has 13 heteroatoms. The van der Waals surface area contributed by atoms with Gasteiger partial charge in [-0.2, -0.15) is 0 Å². The van der Waals surface area contributed by atoms with Crippen LogP contribution in [-0.2, 0) is 19.2 Å². The number of aliphatic carboxylic acids is 4. The quantitative estimate of drug-likeness (QED) is 0.309. The van der Waals surface area contributed by atoms with Crippen LogP contribution in [0.2, 0.25) is 0 Å². The van der Waals surface area contributed by atoms with E-state index in [9.17, 15) is 24.3 Å². The van der Waals surface area contributed by atoms with E-state index in [0.29, 0.717) is 0 Å². The number of hydrogen-bond donors (Lipinski definition) is 4. The summed E-state index contributed by atoms with van der Waals surface area (Å²) in [5.41, 5.74) is 0. The summed E-state index contributed by atoms with van der Waals surface area (Å²) in [6.45, 7) is -3.77. The first-order valence-electron chi connectivity index (χ1n) is 4.37. The normalized spacial score (nSPS) is 8.76. The van der Waals surface area contributed by atoms with Gasteiger partial charge in [-0.1, -0.05) is 0 Å². The maximum absolute atomic E-state index is 10.5. The van der Waals surface area contributed by atoms with E-state index in [1.54, 1.807) is 0 Å². The van der Waals surface area contributed by atoms with Crippen molar-refractivity contribution >= 4 is 23.9 Å². The molecule has 0 saturated heterocycles. The Hall–Kier alpha value is -2.32. The Morgan fingerprint density at radius 2 is 0.952 bits per heavy atom. The predicted molar refractivity (Wildman–Crippen MR) is 63.5 cm³/mol. The molecule has 0 aliphatic rings. The van der Waals surface area contributed by atoms with Crippen LogP contribution in [0.1, 0.15) is 0 Å². The lowest BCUT2D eigenvalue weighted by atomic mass is 10.3. The third-order valence-electron chi connectivity index (χ3n) is 1.88. The molecule has 0 spiro atoms. The van der Waals surface area contributed by atoms with Crippen molar-refractivity contribution in [3.8, 4) is 0 Å². The minimum absolute atomic E-state index is 0. The molecule has 128 valence electrons. The summed E-state index contributed by atoms with van der Waals surface area (Å²) in [7, 11) is 0. The summed E-state index contributed by atoms with van der Waals surface area (Å²) in [5, 5.41) is 36.2. The molecule has 13 nitrogen and oxygen atoms in total.